The van der Waals surface area contributed by atoms with Crippen LogP contribution in [0.1, 0.15) is 13.8 Å². The van der Waals surface area contributed by atoms with Gasteiger partial charge in [-0.05, 0) is 13.1 Å². The van der Waals surface area contributed by atoms with Crippen LogP contribution in [0.4, 0.5) is 0 Å². The van der Waals surface area contributed by atoms with Crippen LogP contribution in [0.5, 0.6) is 0 Å². The molecule has 5 heteroatoms. The Morgan fingerprint density at radius 1 is 1.27 bits per heavy atom. The van der Waals surface area contributed by atoms with Gasteiger partial charge in [-0.1, -0.05) is 13.8 Å². The van der Waals surface area contributed by atoms with Crippen molar-refractivity contribution in [2.45, 2.75) is 18.6 Å². The molecule has 0 aromatic heterocycles. The Hall–Kier alpha value is 1.69. The summed E-state index contributed by atoms with van der Waals surface area (Å²) in [6, 6.07) is 0. The van der Waals surface area contributed by atoms with Crippen LogP contribution in [0, 0.1) is 7.43 Å². The molecule has 0 spiro atoms. The van der Waals surface area contributed by atoms with Crippen LogP contribution >= 0.6 is 9.19 Å². The first-order chi connectivity index (χ1) is 4.72. The van der Waals surface area contributed by atoms with Crippen molar-refractivity contribution in [1.29, 1.82) is 0 Å². The van der Waals surface area contributed by atoms with E-state index in [4.69, 9.17) is 25.3 Å². The van der Waals surface area contributed by atoms with E-state index in [9.17, 15) is 0 Å². The zero-order valence-electron chi connectivity index (χ0n) is 6.93. The van der Waals surface area contributed by atoms with E-state index in [1.165, 1.54) is 0 Å². The van der Waals surface area contributed by atoms with Crippen LogP contribution in [0.2, 0.25) is 0 Å². The van der Waals surface area contributed by atoms with Gasteiger partial charge in [-0.15, -0.1) is 0 Å². The van der Waals surface area contributed by atoms with Crippen molar-refractivity contribution >= 4 is 34.4 Å². The van der Waals surface area contributed by atoms with Gasteiger partial charge in [0.15, 0.2) is 0 Å². The number of hydrogen-bond acceptors (Lipinski definition) is 3. The Labute approximate surface area is 97.8 Å². The Kier molecular flexibility index (Phi) is 23.9. The predicted octanol–water partition coefficient (Wildman–Crippen LogP) is 1.84. The second kappa shape index (κ2) is 14.2. The van der Waals surface area contributed by atoms with E-state index >= 15 is 0 Å². The fourth-order valence-electron chi connectivity index (χ4n) is 0.522. The maximum atomic E-state index is 4.84. The molecule has 0 rings (SSSR count). The van der Waals surface area contributed by atoms with Gasteiger partial charge in [0.2, 0.25) is 0 Å². The standard InChI is InChI=1S/C5H13NS2.CH3.Au.ClH/c1-3-6(4-2)5(7)8;;;/h5,7-8H,3-4H2,1-2H3;1H3;;1H/q;-1;+1;/p-3. The molecule has 0 heterocycles. The van der Waals surface area contributed by atoms with E-state index in [2.05, 4.69) is 23.0 Å². The van der Waals surface area contributed by atoms with E-state index in [-0.39, 0.29) is 12.1 Å². The third-order valence-electron chi connectivity index (χ3n) is 1.11. The zero-order valence-corrected chi connectivity index (χ0v) is 11.5. The third kappa shape index (κ3) is 11.7. The average Bonchev–Trinajstić information content (AvgIpc) is 1.94. The molecule has 0 unspecified atom stereocenters. The average molecular weight is 397 g/mol. The van der Waals surface area contributed by atoms with Gasteiger partial charge >= 0.3 is 29.2 Å². The number of hydrogen-bond donors (Lipinski definition) is 0. The molecule has 1 nitrogen and oxygen atoms in total. The molecule has 0 aliphatic rings. The summed E-state index contributed by atoms with van der Waals surface area (Å²) >= 11 is 11.4. The van der Waals surface area contributed by atoms with Gasteiger partial charge in [-0.3, -0.25) is 0 Å². The minimum atomic E-state index is -0.120. The molecule has 0 atom stereocenters. The van der Waals surface area contributed by atoms with E-state index in [1.807, 2.05) is 4.90 Å². The molecule has 0 radical (unpaired) electrons. The molecule has 0 aromatic rings. The molecule has 0 aromatic carbocycles. The second-order valence-corrected chi connectivity index (χ2v) is 2.72. The summed E-state index contributed by atoms with van der Waals surface area (Å²) in [5.41, 5.74) is 0. The first-order valence-corrected chi connectivity index (χ1v) is 6.52. The monoisotopic (exact) mass is 396 g/mol. The van der Waals surface area contributed by atoms with Gasteiger partial charge in [-0.2, -0.15) is 0 Å². The Morgan fingerprint density at radius 2 is 1.55 bits per heavy atom. The molecule has 11 heavy (non-hydrogen) atoms. The summed E-state index contributed by atoms with van der Waals surface area (Å²) in [6.07, 6.45) is 0. The van der Waals surface area contributed by atoms with Crippen molar-refractivity contribution in [2.75, 3.05) is 13.1 Å². The normalized spacial score (nSPS) is 8.82. The van der Waals surface area contributed by atoms with E-state index < -0.39 is 0 Å². The van der Waals surface area contributed by atoms with Gasteiger partial charge in [0.1, 0.15) is 0 Å². The van der Waals surface area contributed by atoms with Crippen molar-refractivity contribution < 1.29 is 20.0 Å². The second-order valence-electron chi connectivity index (χ2n) is 1.53. The molecular formula is C6H14AuClNS2-3. The molecule has 0 saturated carbocycles. The fourth-order valence-corrected chi connectivity index (χ4v) is 1.12. The van der Waals surface area contributed by atoms with Crippen molar-refractivity contribution in [3.05, 3.63) is 7.43 Å². The SMILES string of the molecule is CCN(CC)C([S-])[S-].[CH3-].[Cl][Au]. The summed E-state index contributed by atoms with van der Waals surface area (Å²) in [5.74, 6) is 0. The number of rotatable bonds is 3. The van der Waals surface area contributed by atoms with Crippen LogP contribution in [0.15, 0.2) is 0 Å². The van der Waals surface area contributed by atoms with Gasteiger partial charge in [0, 0.05) is 0 Å². The molecule has 0 saturated heterocycles. The van der Waals surface area contributed by atoms with E-state index in [0.717, 1.165) is 13.1 Å². The van der Waals surface area contributed by atoms with Crippen molar-refractivity contribution in [2.24, 2.45) is 0 Å². The predicted molar refractivity (Wildman–Crippen MR) is 53.7 cm³/mol. The van der Waals surface area contributed by atoms with Crippen LogP contribution in [-0.4, -0.2) is 22.7 Å². The molecule has 0 aliphatic heterocycles. The molecule has 0 amide bonds. The first kappa shape index (κ1) is 18.5. The van der Waals surface area contributed by atoms with Crippen molar-refractivity contribution in [1.82, 2.24) is 4.90 Å². The summed E-state index contributed by atoms with van der Waals surface area (Å²) in [5, 5.41) is 0. The van der Waals surface area contributed by atoms with Gasteiger partial charge < -0.3 is 37.6 Å². The number of halogens is 1. The Balaban J connectivity index is -0.000000196. The molecule has 0 N–H and O–H groups in total. The topological polar surface area (TPSA) is 3.24 Å². The Morgan fingerprint density at radius 3 is 1.55 bits per heavy atom. The van der Waals surface area contributed by atoms with Crippen LogP contribution in [0.3, 0.4) is 0 Å². The summed E-state index contributed by atoms with van der Waals surface area (Å²) in [6.45, 7) is 6.06. The molecule has 0 fully saturated rings. The molecule has 0 bridgehead atoms. The van der Waals surface area contributed by atoms with Gasteiger partial charge in [0.25, 0.3) is 0 Å². The fraction of sp³-hybridized carbons (Fsp3) is 0.833. The summed E-state index contributed by atoms with van der Waals surface area (Å²) < 4.78 is -0.120. The van der Waals surface area contributed by atoms with Crippen LogP contribution in [0.25, 0.3) is 0 Å². The summed E-state index contributed by atoms with van der Waals surface area (Å²) in [7, 11) is 4.58. The zero-order chi connectivity index (χ0) is 8.57. The quantitative estimate of drug-likeness (QED) is 0.407. The first-order valence-electron chi connectivity index (χ1n) is 2.89. The van der Waals surface area contributed by atoms with E-state index in [1.54, 1.807) is 20.0 Å². The van der Waals surface area contributed by atoms with Gasteiger partial charge in [0.05, 0.1) is 0 Å². The molecule has 0 aliphatic carbocycles. The number of nitrogens with zero attached hydrogens (tertiary/aromatic N) is 1. The minimum absolute atomic E-state index is 0. The van der Waals surface area contributed by atoms with Crippen molar-refractivity contribution in [3.8, 4) is 0 Å². The summed E-state index contributed by atoms with van der Waals surface area (Å²) in [4.78, 5) is 2.05. The maximum absolute atomic E-state index is 4.84. The molecule has 76 valence electrons. The Bertz CT molecular complexity index is 62.5. The van der Waals surface area contributed by atoms with Crippen LogP contribution in [-0.2, 0) is 45.2 Å². The molecular weight excluding hydrogens is 383 g/mol. The van der Waals surface area contributed by atoms with Crippen LogP contribution < -0.4 is 0 Å². The van der Waals surface area contributed by atoms with Gasteiger partial charge in [-0.25, -0.2) is 4.71 Å². The third-order valence-corrected chi connectivity index (χ3v) is 1.71. The van der Waals surface area contributed by atoms with Crippen molar-refractivity contribution in [3.63, 3.8) is 0 Å². The van der Waals surface area contributed by atoms with E-state index in [0.29, 0.717) is 0 Å².